The first kappa shape index (κ1) is 22.8. The van der Waals surface area contributed by atoms with Crippen LogP contribution in [0, 0.1) is 0 Å². The van der Waals surface area contributed by atoms with Gasteiger partial charge in [0.1, 0.15) is 0 Å². The van der Waals surface area contributed by atoms with E-state index in [1.165, 1.54) is 0 Å². The van der Waals surface area contributed by atoms with E-state index >= 15 is 0 Å². The summed E-state index contributed by atoms with van der Waals surface area (Å²) in [5, 5.41) is 0. The summed E-state index contributed by atoms with van der Waals surface area (Å²) in [5.41, 5.74) is 0. The standard InChI is InChI=1S/Al.H3N.2H2O4S/c;;2*1-5(2,3)4/h;1H3;2*(H2,1,2,3,4). The maximum Gasteiger partial charge on any atom is 0.394 e. The molecule has 75 valence electrons. The van der Waals surface area contributed by atoms with Gasteiger partial charge in [0.05, 0.1) is 0 Å². The van der Waals surface area contributed by atoms with Gasteiger partial charge in [0.25, 0.3) is 0 Å². The van der Waals surface area contributed by atoms with Crippen LogP contribution in [-0.2, 0) is 20.8 Å². The third-order valence-electron chi connectivity index (χ3n) is 0. The maximum atomic E-state index is 8.74. The van der Waals surface area contributed by atoms with E-state index in [0.717, 1.165) is 0 Å². The Morgan fingerprint density at radius 1 is 0.667 bits per heavy atom. The Kier molecular flexibility index (Phi) is 14.9. The van der Waals surface area contributed by atoms with Gasteiger partial charge in [0.15, 0.2) is 0 Å². The smallest absolute Gasteiger partial charge is 0.344 e. The molecule has 0 fully saturated rings. The van der Waals surface area contributed by atoms with Crippen LogP contribution in [0.4, 0.5) is 0 Å². The van der Waals surface area contributed by atoms with Gasteiger partial charge in [0.2, 0.25) is 0 Å². The topological polar surface area (TPSA) is 184 Å². The molecule has 0 rings (SSSR count). The molecule has 7 N–H and O–H groups in total. The first-order valence-corrected chi connectivity index (χ1v) is 4.19. The van der Waals surface area contributed by atoms with Crippen LogP contribution in [0.5, 0.6) is 0 Å². The summed E-state index contributed by atoms with van der Waals surface area (Å²) in [4.78, 5) is 0. The molecule has 0 aliphatic heterocycles. The predicted molar refractivity (Wildman–Crippen MR) is 39.1 cm³/mol. The summed E-state index contributed by atoms with van der Waals surface area (Å²) in [6.07, 6.45) is 0. The van der Waals surface area contributed by atoms with Crippen LogP contribution >= 0.6 is 0 Å². The van der Waals surface area contributed by atoms with Gasteiger partial charge in [0, 0.05) is 17.4 Å². The van der Waals surface area contributed by atoms with E-state index in [9.17, 15) is 0 Å². The Labute approximate surface area is 79.7 Å². The molecule has 0 amide bonds. The van der Waals surface area contributed by atoms with E-state index in [4.69, 9.17) is 35.0 Å². The highest BCUT2D eigenvalue weighted by atomic mass is 32.3. The monoisotopic (exact) mass is 240 g/mol. The summed E-state index contributed by atoms with van der Waals surface area (Å²) >= 11 is 0. The van der Waals surface area contributed by atoms with E-state index in [1.807, 2.05) is 0 Å². The van der Waals surface area contributed by atoms with Crippen molar-refractivity contribution in [1.82, 2.24) is 6.15 Å². The van der Waals surface area contributed by atoms with E-state index in [0.29, 0.717) is 0 Å². The molecular formula is H7AlNO8S2. The van der Waals surface area contributed by atoms with E-state index < -0.39 is 20.8 Å². The minimum atomic E-state index is -4.67. The van der Waals surface area contributed by atoms with Gasteiger partial charge >= 0.3 is 20.8 Å². The van der Waals surface area contributed by atoms with Crippen molar-refractivity contribution in [3.8, 4) is 0 Å². The first-order valence-electron chi connectivity index (χ1n) is 1.40. The lowest BCUT2D eigenvalue weighted by Gasteiger charge is -1.68. The molecule has 9 nitrogen and oxygen atoms in total. The lowest BCUT2D eigenvalue weighted by atomic mass is 14.0. The van der Waals surface area contributed by atoms with E-state index in [-0.39, 0.29) is 23.5 Å². The van der Waals surface area contributed by atoms with E-state index in [2.05, 4.69) is 0 Å². The van der Waals surface area contributed by atoms with Crippen molar-refractivity contribution in [2.24, 2.45) is 0 Å². The quantitative estimate of drug-likeness (QED) is 0.247. The van der Waals surface area contributed by atoms with Gasteiger partial charge < -0.3 is 6.15 Å². The minimum absolute atomic E-state index is 0. The van der Waals surface area contributed by atoms with Gasteiger partial charge in [-0.3, -0.25) is 18.2 Å². The molecule has 0 aliphatic rings. The Morgan fingerprint density at radius 2 is 0.667 bits per heavy atom. The Morgan fingerprint density at radius 3 is 0.667 bits per heavy atom. The van der Waals surface area contributed by atoms with Gasteiger partial charge in [-0.05, 0) is 0 Å². The second-order valence-corrected chi connectivity index (χ2v) is 2.69. The van der Waals surface area contributed by atoms with Gasteiger partial charge in [-0.25, -0.2) is 0 Å². The van der Waals surface area contributed by atoms with E-state index in [1.54, 1.807) is 0 Å². The molecule has 0 spiro atoms. The van der Waals surface area contributed by atoms with Crippen molar-refractivity contribution in [1.29, 1.82) is 0 Å². The highest BCUT2D eigenvalue weighted by molar-refractivity contribution is 7.80. The molecule has 0 bridgehead atoms. The Balaban J connectivity index is -0.0000000457. The third-order valence-corrected chi connectivity index (χ3v) is 0. The van der Waals surface area contributed by atoms with Gasteiger partial charge in [-0.15, -0.1) is 0 Å². The third kappa shape index (κ3) is 16100. The summed E-state index contributed by atoms with van der Waals surface area (Å²) in [5.74, 6) is 0. The average molecular weight is 240 g/mol. The van der Waals surface area contributed by atoms with Crippen molar-refractivity contribution < 1.29 is 35.0 Å². The SMILES string of the molecule is N.O=S(=O)(O)O.O=S(=O)(O)O.[Al]. The zero-order valence-corrected chi connectivity index (χ0v) is 8.31. The molecule has 0 saturated heterocycles. The average Bonchev–Trinajstić information content (AvgIpc) is 1.12. The second kappa shape index (κ2) is 7.86. The predicted octanol–water partition coefficient (Wildman–Crippen LogP) is -1.52. The van der Waals surface area contributed by atoms with Crippen LogP contribution in [0.3, 0.4) is 0 Å². The van der Waals surface area contributed by atoms with Crippen LogP contribution in [0.1, 0.15) is 0 Å². The van der Waals surface area contributed by atoms with Crippen LogP contribution < -0.4 is 6.15 Å². The molecule has 12 heavy (non-hydrogen) atoms. The normalized spacial score (nSPS) is 9.67. The summed E-state index contributed by atoms with van der Waals surface area (Å²) in [6, 6.07) is 0. The van der Waals surface area contributed by atoms with Crippen LogP contribution in [-0.4, -0.2) is 52.4 Å². The van der Waals surface area contributed by atoms with Crippen LogP contribution in [0.15, 0.2) is 0 Å². The summed E-state index contributed by atoms with van der Waals surface area (Å²) in [6.45, 7) is 0. The Hall–Kier alpha value is 0.232. The molecular weight excluding hydrogens is 233 g/mol. The summed E-state index contributed by atoms with van der Waals surface area (Å²) < 4.78 is 63.2. The van der Waals surface area contributed by atoms with Gasteiger partial charge in [-0.1, -0.05) is 0 Å². The molecule has 0 unspecified atom stereocenters. The Bertz CT molecular complexity index is 213. The van der Waals surface area contributed by atoms with Gasteiger partial charge in [-0.2, -0.15) is 16.8 Å². The molecule has 0 aliphatic carbocycles. The van der Waals surface area contributed by atoms with Crippen LogP contribution in [0.25, 0.3) is 0 Å². The molecule has 0 aromatic carbocycles. The fourth-order valence-corrected chi connectivity index (χ4v) is 0. The maximum absolute atomic E-state index is 8.74. The zero-order valence-electron chi connectivity index (χ0n) is 5.52. The molecule has 0 heterocycles. The fourth-order valence-electron chi connectivity index (χ4n) is 0. The van der Waals surface area contributed by atoms with Crippen molar-refractivity contribution in [3.63, 3.8) is 0 Å². The molecule has 3 radical (unpaired) electrons. The fraction of sp³-hybridized carbons (Fsp3) is 0. The molecule has 0 aromatic heterocycles. The highest BCUT2D eigenvalue weighted by Gasteiger charge is 1.85. The number of rotatable bonds is 0. The van der Waals surface area contributed by atoms with Crippen molar-refractivity contribution in [2.45, 2.75) is 0 Å². The zero-order chi connectivity index (χ0) is 9.00. The highest BCUT2D eigenvalue weighted by Crippen LogP contribution is 1.59. The van der Waals surface area contributed by atoms with Crippen molar-refractivity contribution in [2.75, 3.05) is 0 Å². The van der Waals surface area contributed by atoms with Crippen molar-refractivity contribution >= 4 is 38.2 Å². The minimum Gasteiger partial charge on any atom is -0.344 e. The lowest BCUT2D eigenvalue weighted by molar-refractivity contribution is 0.378. The molecule has 0 atom stereocenters. The largest absolute Gasteiger partial charge is 0.394 e. The number of hydrogen-bond donors (Lipinski definition) is 5. The van der Waals surface area contributed by atoms with Crippen LogP contribution in [0.2, 0.25) is 0 Å². The van der Waals surface area contributed by atoms with Crippen molar-refractivity contribution in [3.05, 3.63) is 0 Å². The molecule has 0 aromatic rings. The summed E-state index contributed by atoms with van der Waals surface area (Å²) in [7, 11) is -9.33. The number of hydrogen-bond acceptors (Lipinski definition) is 5. The first-order chi connectivity index (χ1) is 4.00. The molecule has 12 heteroatoms. The second-order valence-electron chi connectivity index (χ2n) is 0.896. The lowest BCUT2D eigenvalue weighted by Crippen LogP contribution is -1.89. The molecule has 0 saturated carbocycles.